The highest BCUT2D eigenvalue weighted by molar-refractivity contribution is 5.99. The molecule has 4 N–H and O–H groups in total. The van der Waals surface area contributed by atoms with Crippen LogP contribution < -0.4 is 26.2 Å². The molecule has 3 rings (SSSR count). The van der Waals surface area contributed by atoms with E-state index in [1.807, 2.05) is 0 Å². The summed E-state index contributed by atoms with van der Waals surface area (Å²) in [5, 5.41) is 5.37. The van der Waals surface area contributed by atoms with Gasteiger partial charge >= 0.3 is 0 Å². The zero-order chi connectivity index (χ0) is 18.5. The van der Waals surface area contributed by atoms with Crippen molar-refractivity contribution in [1.29, 1.82) is 0 Å². The van der Waals surface area contributed by atoms with Gasteiger partial charge in [-0.2, -0.15) is 0 Å². The fraction of sp³-hybridized carbons (Fsp3) is 0.235. The van der Waals surface area contributed by atoms with Crippen LogP contribution >= 0.6 is 0 Å². The van der Waals surface area contributed by atoms with E-state index in [1.165, 1.54) is 31.5 Å². The molecular weight excluding hydrogens is 341 g/mol. The van der Waals surface area contributed by atoms with E-state index in [9.17, 15) is 14.0 Å². The third-order valence-corrected chi connectivity index (χ3v) is 3.93. The van der Waals surface area contributed by atoms with Gasteiger partial charge < -0.3 is 15.4 Å². The minimum absolute atomic E-state index is 0.123. The summed E-state index contributed by atoms with van der Waals surface area (Å²) >= 11 is 0. The third kappa shape index (κ3) is 3.79. The summed E-state index contributed by atoms with van der Waals surface area (Å²) in [6.45, 7) is 0.299. The summed E-state index contributed by atoms with van der Waals surface area (Å²) in [4.78, 5) is 28.9. The summed E-state index contributed by atoms with van der Waals surface area (Å²) in [5.74, 6) is -1.58. The summed E-state index contributed by atoms with van der Waals surface area (Å²) in [6.07, 6.45) is 3.11. The van der Waals surface area contributed by atoms with Crippen LogP contribution in [0.4, 0.5) is 10.1 Å². The first-order valence-electron chi connectivity index (χ1n) is 7.93. The minimum Gasteiger partial charge on any atom is -0.496 e. The van der Waals surface area contributed by atoms with E-state index in [4.69, 9.17) is 4.74 Å². The van der Waals surface area contributed by atoms with E-state index < -0.39 is 23.8 Å². The number of anilines is 1. The molecule has 26 heavy (non-hydrogen) atoms. The first-order valence-corrected chi connectivity index (χ1v) is 7.93. The normalized spacial score (nSPS) is 19.0. The lowest BCUT2D eigenvalue weighted by Gasteiger charge is -2.20. The predicted octanol–water partition coefficient (Wildman–Crippen LogP) is 0.443. The van der Waals surface area contributed by atoms with Gasteiger partial charge in [-0.15, -0.1) is 0 Å². The highest BCUT2D eigenvalue weighted by Gasteiger charge is 2.35. The van der Waals surface area contributed by atoms with Crippen molar-refractivity contribution in [3.8, 4) is 5.75 Å². The van der Waals surface area contributed by atoms with Crippen molar-refractivity contribution >= 4 is 17.5 Å². The van der Waals surface area contributed by atoms with Gasteiger partial charge in [0.2, 0.25) is 5.91 Å². The third-order valence-electron chi connectivity index (χ3n) is 3.93. The molecule has 1 saturated heterocycles. The number of pyridine rings is 1. The molecule has 1 aromatic heterocycles. The highest BCUT2D eigenvalue weighted by Crippen LogP contribution is 2.21. The van der Waals surface area contributed by atoms with Crippen LogP contribution in [0.2, 0.25) is 0 Å². The van der Waals surface area contributed by atoms with Crippen molar-refractivity contribution in [2.24, 2.45) is 0 Å². The molecule has 0 bridgehead atoms. The number of halogens is 1. The van der Waals surface area contributed by atoms with Crippen molar-refractivity contribution in [3.63, 3.8) is 0 Å². The molecule has 1 aliphatic rings. The van der Waals surface area contributed by atoms with Crippen LogP contribution in [-0.4, -0.2) is 42.5 Å². The number of nitrogens with zero attached hydrogens (tertiary/aromatic N) is 1. The summed E-state index contributed by atoms with van der Waals surface area (Å²) in [5.41, 5.74) is 5.96. The number of methoxy groups -OCH3 is 1. The van der Waals surface area contributed by atoms with Crippen LogP contribution in [0, 0.1) is 5.82 Å². The number of hydrogen-bond acceptors (Lipinski definition) is 6. The number of rotatable bonds is 5. The molecule has 2 amide bonds. The first-order chi connectivity index (χ1) is 12.6. The smallest absolute Gasteiger partial charge is 0.258 e. The average molecular weight is 359 g/mol. The van der Waals surface area contributed by atoms with Gasteiger partial charge in [0.05, 0.1) is 25.0 Å². The SMILES string of the molecule is COc1cccc(F)c1C(=O)NC1CNNC1C(=O)Nc1cccnc1. The largest absolute Gasteiger partial charge is 0.496 e. The Morgan fingerprint density at radius 1 is 1.31 bits per heavy atom. The molecule has 0 spiro atoms. The molecule has 0 radical (unpaired) electrons. The topological polar surface area (TPSA) is 104 Å². The van der Waals surface area contributed by atoms with Gasteiger partial charge in [-0.3, -0.25) is 20.0 Å². The maximum atomic E-state index is 14.0. The predicted molar refractivity (Wildman–Crippen MR) is 92.0 cm³/mol. The number of hydrazine groups is 1. The second-order valence-corrected chi connectivity index (χ2v) is 5.63. The number of benzene rings is 1. The van der Waals surface area contributed by atoms with Crippen molar-refractivity contribution in [2.45, 2.75) is 12.1 Å². The van der Waals surface area contributed by atoms with Gasteiger partial charge in [0.25, 0.3) is 5.91 Å². The van der Waals surface area contributed by atoms with Gasteiger partial charge in [0.15, 0.2) is 0 Å². The van der Waals surface area contributed by atoms with E-state index in [2.05, 4.69) is 26.5 Å². The van der Waals surface area contributed by atoms with Crippen molar-refractivity contribution < 1.29 is 18.7 Å². The number of carbonyl (C=O) groups is 2. The molecule has 2 heterocycles. The first kappa shape index (κ1) is 17.8. The number of carbonyl (C=O) groups excluding carboxylic acids is 2. The molecule has 8 nitrogen and oxygen atoms in total. The molecular formula is C17H18FN5O3. The number of aromatic nitrogens is 1. The monoisotopic (exact) mass is 359 g/mol. The molecule has 0 saturated carbocycles. The standard InChI is InChI=1S/C17H18FN5O3/c1-26-13-6-2-5-11(18)14(13)16(24)22-12-9-20-23-15(12)17(25)21-10-4-3-7-19-8-10/h2-8,12,15,20,23H,9H2,1H3,(H,21,25)(H,22,24). The second-order valence-electron chi connectivity index (χ2n) is 5.63. The number of nitrogens with one attached hydrogen (secondary N) is 4. The van der Waals surface area contributed by atoms with E-state index in [-0.39, 0.29) is 17.2 Å². The zero-order valence-electron chi connectivity index (χ0n) is 14.0. The van der Waals surface area contributed by atoms with Gasteiger partial charge in [-0.1, -0.05) is 6.07 Å². The van der Waals surface area contributed by atoms with Gasteiger partial charge in [0.1, 0.15) is 23.2 Å². The van der Waals surface area contributed by atoms with Gasteiger partial charge in [-0.25, -0.2) is 9.82 Å². The molecule has 2 aromatic rings. The molecule has 1 aliphatic heterocycles. The summed E-state index contributed by atoms with van der Waals surface area (Å²) in [6, 6.07) is 6.20. The van der Waals surface area contributed by atoms with Gasteiger partial charge in [-0.05, 0) is 24.3 Å². The van der Waals surface area contributed by atoms with E-state index >= 15 is 0 Å². The summed E-state index contributed by atoms with van der Waals surface area (Å²) in [7, 11) is 1.36. The Balaban J connectivity index is 1.71. The van der Waals surface area contributed by atoms with Crippen LogP contribution in [0.3, 0.4) is 0 Å². The number of ether oxygens (including phenoxy) is 1. The maximum Gasteiger partial charge on any atom is 0.258 e. The molecule has 9 heteroatoms. The molecule has 136 valence electrons. The lowest BCUT2D eigenvalue weighted by Crippen LogP contribution is -2.51. The molecule has 2 atom stereocenters. The fourth-order valence-electron chi connectivity index (χ4n) is 2.67. The van der Waals surface area contributed by atoms with Crippen molar-refractivity contribution in [1.82, 2.24) is 21.2 Å². The van der Waals surface area contributed by atoms with Crippen LogP contribution in [0.15, 0.2) is 42.7 Å². The molecule has 0 aliphatic carbocycles. The Bertz CT molecular complexity index is 802. The Kier molecular flexibility index (Phi) is 5.40. The molecule has 1 aromatic carbocycles. The van der Waals surface area contributed by atoms with Crippen LogP contribution in [-0.2, 0) is 4.79 Å². The quantitative estimate of drug-likeness (QED) is 0.618. The van der Waals surface area contributed by atoms with E-state index in [0.717, 1.165) is 0 Å². The minimum atomic E-state index is -0.739. The summed E-state index contributed by atoms with van der Waals surface area (Å²) < 4.78 is 19.1. The van der Waals surface area contributed by atoms with Crippen molar-refractivity contribution in [2.75, 3.05) is 19.0 Å². The lowest BCUT2D eigenvalue weighted by atomic mass is 10.1. The molecule has 1 fully saturated rings. The van der Waals surface area contributed by atoms with E-state index in [0.29, 0.717) is 12.2 Å². The Morgan fingerprint density at radius 2 is 2.15 bits per heavy atom. The zero-order valence-corrected chi connectivity index (χ0v) is 14.0. The Morgan fingerprint density at radius 3 is 2.88 bits per heavy atom. The van der Waals surface area contributed by atoms with Gasteiger partial charge in [0, 0.05) is 12.7 Å². The lowest BCUT2D eigenvalue weighted by molar-refractivity contribution is -0.118. The highest BCUT2D eigenvalue weighted by atomic mass is 19.1. The van der Waals surface area contributed by atoms with Crippen molar-refractivity contribution in [3.05, 3.63) is 54.1 Å². The maximum absolute atomic E-state index is 14.0. The Labute approximate surface area is 149 Å². The second kappa shape index (κ2) is 7.89. The number of amides is 2. The van der Waals surface area contributed by atoms with Crippen LogP contribution in [0.25, 0.3) is 0 Å². The van der Waals surface area contributed by atoms with Crippen LogP contribution in [0.5, 0.6) is 5.75 Å². The number of hydrogen-bond donors (Lipinski definition) is 4. The van der Waals surface area contributed by atoms with Crippen LogP contribution in [0.1, 0.15) is 10.4 Å². The Hall–Kier alpha value is -3.04. The molecule has 2 unspecified atom stereocenters. The fourth-order valence-corrected chi connectivity index (χ4v) is 2.67. The average Bonchev–Trinajstić information content (AvgIpc) is 3.10. The van der Waals surface area contributed by atoms with E-state index in [1.54, 1.807) is 18.3 Å².